The molecule has 0 heterocycles. The lowest BCUT2D eigenvalue weighted by Gasteiger charge is -2.12. The number of hydrogen-bond donors (Lipinski definition) is 3. The maximum atomic E-state index is 13.1. The summed E-state index contributed by atoms with van der Waals surface area (Å²) < 4.78 is 24.8. The predicted octanol–water partition coefficient (Wildman–Crippen LogP) is 7.96. The van der Waals surface area contributed by atoms with E-state index in [9.17, 15) is 14.4 Å². The van der Waals surface area contributed by atoms with Crippen molar-refractivity contribution in [3.63, 3.8) is 0 Å². The van der Waals surface area contributed by atoms with E-state index in [-0.39, 0.29) is 16.7 Å². The summed E-state index contributed by atoms with van der Waals surface area (Å²) in [6.07, 6.45) is 17.4. The van der Waals surface area contributed by atoms with Gasteiger partial charge in [0.25, 0.3) is 17.7 Å². The third-order valence-corrected chi connectivity index (χ3v) is 6.78. The summed E-state index contributed by atoms with van der Waals surface area (Å²) in [5.41, 5.74) is 0.328. The number of nitrogens with one attached hydrogen (secondary N) is 3. The minimum Gasteiger partial charge on any atom is -0.352 e. The lowest BCUT2D eigenvalue weighted by Crippen LogP contribution is -2.29. The summed E-state index contributed by atoms with van der Waals surface area (Å²) in [4.78, 5) is 39.2. The quantitative estimate of drug-likeness (QED) is 0.115. The van der Waals surface area contributed by atoms with Crippen LogP contribution >= 0.6 is 0 Å². The van der Waals surface area contributed by atoms with Crippen LogP contribution in [0.5, 0.6) is 0 Å². The smallest absolute Gasteiger partial charge is 0.251 e. The minimum atomic E-state index is -0.787. The Labute approximate surface area is 243 Å². The molecule has 6 heteroatoms. The van der Waals surface area contributed by atoms with Crippen LogP contribution in [0.25, 0.3) is 0 Å². The fourth-order valence-electron chi connectivity index (χ4n) is 4.32. The van der Waals surface area contributed by atoms with Crippen LogP contribution in [-0.4, -0.2) is 37.3 Å². The molecule has 0 aliphatic carbocycles. The van der Waals surface area contributed by atoms with Gasteiger partial charge in [0.1, 0.15) is 0 Å². The fourth-order valence-corrected chi connectivity index (χ4v) is 4.32. The van der Waals surface area contributed by atoms with Crippen molar-refractivity contribution in [3.05, 3.63) is 34.9 Å². The second-order valence-electron chi connectivity index (χ2n) is 10.4. The first-order valence-electron chi connectivity index (χ1n) is 17.3. The Kier molecular flexibility index (Phi) is 17.9. The average molecular weight is 547 g/mol. The molecule has 0 aliphatic heterocycles. The summed E-state index contributed by atoms with van der Waals surface area (Å²) in [5.74, 6) is -1.57. The summed E-state index contributed by atoms with van der Waals surface area (Å²) in [5, 5.41) is 8.04. The van der Waals surface area contributed by atoms with E-state index in [1.807, 2.05) is 0 Å². The number of carbonyl (C=O) groups excluding carboxylic acids is 3. The zero-order chi connectivity index (χ0) is 31.2. The van der Waals surface area contributed by atoms with Crippen LogP contribution in [0.1, 0.15) is 172 Å². The van der Waals surface area contributed by atoms with E-state index in [2.05, 4.69) is 36.7 Å². The second-order valence-corrected chi connectivity index (χ2v) is 10.4. The van der Waals surface area contributed by atoms with Gasteiger partial charge in [-0.3, -0.25) is 14.4 Å². The van der Waals surface area contributed by atoms with Crippen LogP contribution in [0.15, 0.2) is 18.2 Å². The Balaban J connectivity index is 2.94. The molecule has 1 aromatic rings. The average Bonchev–Trinajstić information content (AvgIpc) is 2.96. The van der Waals surface area contributed by atoms with Crippen LogP contribution in [0.3, 0.4) is 0 Å². The van der Waals surface area contributed by atoms with Crippen molar-refractivity contribution in [1.29, 1.82) is 0 Å². The summed E-state index contributed by atoms with van der Waals surface area (Å²) in [7, 11) is 0. The van der Waals surface area contributed by atoms with Gasteiger partial charge in [-0.05, 0) is 37.5 Å². The highest BCUT2D eigenvalue weighted by Gasteiger charge is 2.16. The second kappa shape index (κ2) is 23.5. The van der Waals surface area contributed by atoms with E-state index in [0.29, 0.717) is 19.3 Å². The van der Waals surface area contributed by atoms with Crippen molar-refractivity contribution in [2.75, 3.05) is 19.6 Å². The molecule has 0 saturated heterocycles. The van der Waals surface area contributed by atoms with Gasteiger partial charge in [0.2, 0.25) is 0 Å². The number of hydrogen-bond acceptors (Lipinski definition) is 3. The molecule has 1 aromatic carbocycles. The van der Waals surface area contributed by atoms with Crippen molar-refractivity contribution in [1.82, 2.24) is 16.0 Å². The molecule has 3 N–H and O–H groups in total. The Morgan fingerprint density at radius 1 is 0.462 bits per heavy atom. The molecule has 39 heavy (non-hydrogen) atoms. The van der Waals surface area contributed by atoms with Crippen LogP contribution in [-0.2, 0) is 0 Å². The van der Waals surface area contributed by atoms with E-state index in [1.165, 1.54) is 18.2 Å². The molecule has 3 amide bonds. The molecule has 1 rings (SSSR count). The van der Waals surface area contributed by atoms with E-state index in [1.54, 1.807) is 0 Å². The molecular formula is C33H57N3O3. The molecule has 6 nitrogen and oxygen atoms in total. The third kappa shape index (κ3) is 17.0. The molecule has 3 atom stereocenters. The standard InChI is InChI=1S/C33H57N3O3/c1-4-7-10-13-16-19-22-34-31(37)28-25-29(32(38)35-23-20-17-14-11-8-5-2)27-30(26-28)33(39)36-24-21-18-15-12-9-6-3/h25-27H,4-24H2,1-3H3,(H,34,37)(H,35,38)(H,36,39)/i22D,23D,24D. The predicted molar refractivity (Wildman–Crippen MR) is 164 cm³/mol. The monoisotopic (exact) mass is 546 g/mol. The van der Waals surface area contributed by atoms with Crippen molar-refractivity contribution < 1.29 is 18.5 Å². The highest BCUT2D eigenvalue weighted by Crippen LogP contribution is 2.13. The van der Waals surface area contributed by atoms with Gasteiger partial charge >= 0.3 is 0 Å². The van der Waals surface area contributed by atoms with E-state index in [4.69, 9.17) is 4.11 Å². The van der Waals surface area contributed by atoms with Gasteiger partial charge in [-0.15, -0.1) is 0 Å². The first-order chi connectivity index (χ1) is 20.2. The maximum Gasteiger partial charge on any atom is 0.251 e. The maximum absolute atomic E-state index is 13.1. The molecule has 0 aromatic heterocycles. The van der Waals surface area contributed by atoms with E-state index < -0.39 is 37.3 Å². The van der Waals surface area contributed by atoms with Crippen LogP contribution in [0, 0.1) is 0 Å². The summed E-state index contributed by atoms with van der Waals surface area (Å²) >= 11 is 0. The Morgan fingerprint density at radius 3 is 0.949 bits per heavy atom. The van der Waals surface area contributed by atoms with Crippen LogP contribution in [0.2, 0.25) is 0 Å². The first-order valence-corrected chi connectivity index (χ1v) is 15.6. The number of amides is 3. The molecular weight excluding hydrogens is 486 g/mol. The summed E-state index contributed by atoms with van der Waals surface area (Å²) in [6, 6.07) is 4.24. The highest BCUT2D eigenvalue weighted by atomic mass is 16.2. The van der Waals surface area contributed by atoms with Gasteiger partial charge in [-0.1, -0.05) is 117 Å². The third-order valence-electron chi connectivity index (χ3n) is 6.78. The molecule has 0 spiro atoms. The normalized spacial score (nSPS) is 14.4. The molecule has 0 radical (unpaired) electrons. The molecule has 0 aliphatic rings. The van der Waals surface area contributed by atoms with Crippen molar-refractivity contribution in [2.45, 2.75) is 136 Å². The van der Waals surface area contributed by atoms with Gasteiger partial charge in [-0.25, -0.2) is 0 Å². The van der Waals surface area contributed by atoms with Crippen LogP contribution in [0.4, 0.5) is 0 Å². The SMILES string of the molecule is [2H]C(CCCCCCC)NC(=O)c1cc(C(=O)NC([2H])CCCCCCC)cc(C(=O)NC([2H])CCCCCCC)c1. The van der Waals surface area contributed by atoms with Crippen LogP contribution < -0.4 is 16.0 Å². The van der Waals surface area contributed by atoms with Gasteiger partial charge < -0.3 is 16.0 Å². The lowest BCUT2D eigenvalue weighted by atomic mass is 10.0. The fraction of sp³-hybridized carbons (Fsp3) is 0.727. The van der Waals surface area contributed by atoms with E-state index in [0.717, 1.165) is 96.3 Å². The van der Waals surface area contributed by atoms with Gasteiger partial charge in [0.15, 0.2) is 0 Å². The van der Waals surface area contributed by atoms with Crippen molar-refractivity contribution in [3.8, 4) is 0 Å². The molecule has 3 unspecified atom stereocenters. The number of unbranched alkanes of at least 4 members (excludes halogenated alkanes) is 12. The Morgan fingerprint density at radius 2 is 0.692 bits per heavy atom. The minimum absolute atomic E-state index is 0.109. The zero-order valence-corrected chi connectivity index (χ0v) is 24.9. The summed E-state index contributed by atoms with van der Waals surface area (Å²) in [6.45, 7) is 4.08. The number of carbonyl (C=O) groups is 3. The highest BCUT2D eigenvalue weighted by molar-refractivity contribution is 6.04. The van der Waals surface area contributed by atoms with Gasteiger partial charge in [-0.2, -0.15) is 0 Å². The number of benzene rings is 1. The number of rotatable bonds is 24. The topological polar surface area (TPSA) is 87.3 Å². The zero-order valence-electron chi connectivity index (χ0n) is 27.9. The van der Waals surface area contributed by atoms with Gasteiger partial charge in [0, 0.05) is 40.4 Å². The van der Waals surface area contributed by atoms with E-state index >= 15 is 0 Å². The van der Waals surface area contributed by atoms with Crippen molar-refractivity contribution in [2.24, 2.45) is 0 Å². The first kappa shape index (κ1) is 29.6. The van der Waals surface area contributed by atoms with Crippen molar-refractivity contribution >= 4 is 17.7 Å². The largest absolute Gasteiger partial charge is 0.352 e. The van der Waals surface area contributed by atoms with Gasteiger partial charge in [0.05, 0.1) is 0 Å². The lowest BCUT2D eigenvalue weighted by molar-refractivity contribution is 0.0952. The molecule has 0 fully saturated rings. The molecule has 0 saturated carbocycles. The Hall–Kier alpha value is -2.37. The Bertz CT molecular complexity index is 789. The molecule has 0 bridgehead atoms. The molecule has 222 valence electrons.